The van der Waals surface area contributed by atoms with Crippen molar-refractivity contribution in [2.45, 2.75) is 0 Å². The zero-order valence-electron chi connectivity index (χ0n) is 8.95. The van der Waals surface area contributed by atoms with Crippen molar-refractivity contribution >= 4 is 21.9 Å². The van der Waals surface area contributed by atoms with Gasteiger partial charge in [-0.1, -0.05) is 28.1 Å². The summed E-state index contributed by atoms with van der Waals surface area (Å²) in [6, 6.07) is 7.62. The maximum Gasteiger partial charge on any atom is 0.336 e. The molecule has 1 N–H and O–H groups in total. The maximum atomic E-state index is 13.6. The molecule has 0 saturated heterocycles. The molecule has 92 valence electrons. The molecular weight excluding hydrogens is 306 g/mol. The lowest BCUT2D eigenvalue weighted by Gasteiger charge is -2.09. The van der Waals surface area contributed by atoms with Crippen molar-refractivity contribution in [3.63, 3.8) is 0 Å². The molecule has 2 aromatic rings. The number of rotatable bonds is 2. The van der Waals surface area contributed by atoms with Gasteiger partial charge in [0.05, 0.1) is 11.1 Å². The summed E-state index contributed by atoms with van der Waals surface area (Å²) < 4.78 is 27.8. The number of aromatic carboxylic acids is 1. The third kappa shape index (κ3) is 2.26. The Morgan fingerprint density at radius 3 is 2.28 bits per heavy atom. The van der Waals surface area contributed by atoms with Gasteiger partial charge in [0.25, 0.3) is 0 Å². The molecule has 0 aromatic heterocycles. The van der Waals surface area contributed by atoms with Crippen molar-refractivity contribution in [3.05, 3.63) is 58.1 Å². The van der Waals surface area contributed by atoms with Crippen LogP contribution in [0.5, 0.6) is 0 Å². The fraction of sp³-hybridized carbons (Fsp3) is 0. The molecule has 0 aliphatic rings. The summed E-state index contributed by atoms with van der Waals surface area (Å²) in [7, 11) is 0. The molecule has 18 heavy (non-hydrogen) atoms. The van der Waals surface area contributed by atoms with Crippen LogP contribution < -0.4 is 0 Å². The molecule has 0 bridgehead atoms. The Morgan fingerprint density at radius 1 is 1.11 bits per heavy atom. The summed E-state index contributed by atoms with van der Waals surface area (Å²) in [5.41, 5.74) is -0.475. The molecule has 2 nitrogen and oxygen atoms in total. The topological polar surface area (TPSA) is 37.3 Å². The molecular formula is C13H7BrF2O2. The van der Waals surface area contributed by atoms with Crippen molar-refractivity contribution in [2.75, 3.05) is 0 Å². The Labute approximate surface area is 110 Å². The first kappa shape index (κ1) is 12.7. The SMILES string of the molecule is O=C(O)c1cc(Br)ccc1-c1c(F)cccc1F. The van der Waals surface area contributed by atoms with Crippen molar-refractivity contribution in [1.29, 1.82) is 0 Å². The number of carboxylic acid groups (broad SMARTS) is 1. The minimum absolute atomic E-state index is 0.0151. The lowest BCUT2D eigenvalue weighted by Crippen LogP contribution is -2.02. The minimum Gasteiger partial charge on any atom is -0.478 e. The standard InChI is InChI=1S/C13H7BrF2O2/c14-7-4-5-8(9(6-7)13(17)18)12-10(15)2-1-3-11(12)16/h1-6H,(H,17,18). The fourth-order valence-electron chi connectivity index (χ4n) is 1.67. The average Bonchev–Trinajstić information content (AvgIpc) is 2.30. The van der Waals surface area contributed by atoms with Gasteiger partial charge < -0.3 is 5.11 Å². The number of hydrogen-bond donors (Lipinski definition) is 1. The first-order valence-electron chi connectivity index (χ1n) is 4.98. The highest BCUT2D eigenvalue weighted by molar-refractivity contribution is 9.10. The van der Waals surface area contributed by atoms with Crippen LogP contribution in [-0.4, -0.2) is 11.1 Å². The molecule has 0 aliphatic heterocycles. The van der Waals surface area contributed by atoms with E-state index < -0.39 is 17.6 Å². The van der Waals surface area contributed by atoms with Crippen LogP contribution >= 0.6 is 15.9 Å². The molecule has 0 saturated carbocycles. The lowest BCUT2D eigenvalue weighted by molar-refractivity contribution is 0.0697. The van der Waals surface area contributed by atoms with Gasteiger partial charge in [0, 0.05) is 10.0 Å². The highest BCUT2D eigenvalue weighted by Gasteiger charge is 2.18. The van der Waals surface area contributed by atoms with Crippen LogP contribution in [0, 0.1) is 11.6 Å². The monoisotopic (exact) mass is 312 g/mol. The molecule has 5 heteroatoms. The van der Waals surface area contributed by atoms with Crippen molar-refractivity contribution < 1.29 is 18.7 Å². The second kappa shape index (κ2) is 4.86. The number of halogens is 3. The summed E-state index contributed by atoms with van der Waals surface area (Å²) in [5.74, 6) is -2.83. The van der Waals surface area contributed by atoms with E-state index in [0.717, 1.165) is 12.1 Å². The molecule has 0 heterocycles. The van der Waals surface area contributed by atoms with Crippen LogP contribution in [0.4, 0.5) is 8.78 Å². The normalized spacial score (nSPS) is 10.4. The van der Waals surface area contributed by atoms with Gasteiger partial charge in [-0.2, -0.15) is 0 Å². The second-order valence-electron chi connectivity index (χ2n) is 3.59. The molecule has 0 unspecified atom stereocenters. The summed E-state index contributed by atoms with van der Waals surface area (Å²) >= 11 is 3.12. The molecule has 2 aromatic carbocycles. The maximum absolute atomic E-state index is 13.6. The largest absolute Gasteiger partial charge is 0.478 e. The van der Waals surface area contributed by atoms with E-state index in [4.69, 9.17) is 5.11 Å². The lowest BCUT2D eigenvalue weighted by atomic mass is 9.99. The van der Waals surface area contributed by atoms with Gasteiger partial charge in [0.2, 0.25) is 0 Å². The Morgan fingerprint density at radius 2 is 1.72 bits per heavy atom. The fourth-order valence-corrected chi connectivity index (χ4v) is 2.03. The van der Waals surface area contributed by atoms with Crippen LogP contribution in [-0.2, 0) is 0 Å². The summed E-state index contributed by atoms with van der Waals surface area (Å²) in [6.45, 7) is 0. The van der Waals surface area contributed by atoms with Crippen LogP contribution in [0.1, 0.15) is 10.4 Å². The second-order valence-corrected chi connectivity index (χ2v) is 4.51. The molecule has 0 radical (unpaired) electrons. The number of carboxylic acids is 1. The molecule has 0 spiro atoms. The van der Waals surface area contributed by atoms with Crippen molar-refractivity contribution in [1.82, 2.24) is 0 Å². The van der Waals surface area contributed by atoms with E-state index in [1.54, 1.807) is 0 Å². The first-order chi connectivity index (χ1) is 8.50. The van der Waals surface area contributed by atoms with E-state index in [2.05, 4.69) is 15.9 Å². The van der Waals surface area contributed by atoms with Crippen LogP contribution in [0.15, 0.2) is 40.9 Å². The van der Waals surface area contributed by atoms with Gasteiger partial charge in [-0.3, -0.25) is 0 Å². The number of benzene rings is 2. The smallest absolute Gasteiger partial charge is 0.336 e. The summed E-state index contributed by atoms with van der Waals surface area (Å²) in [5, 5.41) is 9.07. The highest BCUT2D eigenvalue weighted by atomic mass is 79.9. The van der Waals surface area contributed by atoms with Crippen molar-refractivity contribution in [2.24, 2.45) is 0 Å². The third-order valence-corrected chi connectivity index (χ3v) is 2.94. The van der Waals surface area contributed by atoms with Gasteiger partial charge in [-0.15, -0.1) is 0 Å². The molecule has 0 atom stereocenters. The van der Waals surface area contributed by atoms with Crippen molar-refractivity contribution in [3.8, 4) is 11.1 Å². The van der Waals surface area contributed by atoms with Gasteiger partial charge in [0.1, 0.15) is 11.6 Å². The molecule has 2 rings (SSSR count). The third-order valence-electron chi connectivity index (χ3n) is 2.44. The zero-order chi connectivity index (χ0) is 13.3. The minimum atomic E-state index is -1.24. The van der Waals surface area contributed by atoms with E-state index in [1.165, 1.54) is 24.3 Å². The molecule has 0 aliphatic carbocycles. The Kier molecular flexibility index (Phi) is 3.43. The summed E-state index contributed by atoms with van der Waals surface area (Å²) in [4.78, 5) is 11.1. The Bertz CT molecular complexity index is 606. The van der Waals surface area contributed by atoms with E-state index in [0.29, 0.717) is 4.47 Å². The van der Waals surface area contributed by atoms with E-state index >= 15 is 0 Å². The Balaban J connectivity index is 2.75. The van der Waals surface area contributed by atoms with E-state index in [-0.39, 0.29) is 16.7 Å². The summed E-state index contributed by atoms with van der Waals surface area (Å²) in [6.07, 6.45) is 0. The van der Waals surface area contributed by atoms with Crippen LogP contribution in [0.25, 0.3) is 11.1 Å². The molecule has 0 amide bonds. The van der Waals surface area contributed by atoms with E-state index in [1.807, 2.05) is 0 Å². The number of carbonyl (C=O) groups is 1. The van der Waals surface area contributed by atoms with Crippen LogP contribution in [0.3, 0.4) is 0 Å². The quantitative estimate of drug-likeness (QED) is 0.906. The van der Waals surface area contributed by atoms with Gasteiger partial charge in [-0.05, 0) is 24.3 Å². The Hall–Kier alpha value is -1.75. The van der Waals surface area contributed by atoms with Gasteiger partial charge in [-0.25, -0.2) is 13.6 Å². The molecule has 0 fully saturated rings. The van der Waals surface area contributed by atoms with E-state index in [9.17, 15) is 13.6 Å². The van der Waals surface area contributed by atoms with Gasteiger partial charge >= 0.3 is 5.97 Å². The van der Waals surface area contributed by atoms with Gasteiger partial charge in [0.15, 0.2) is 0 Å². The predicted molar refractivity (Wildman–Crippen MR) is 66.5 cm³/mol. The predicted octanol–water partition coefficient (Wildman–Crippen LogP) is 4.09. The van der Waals surface area contributed by atoms with Crippen LogP contribution in [0.2, 0.25) is 0 Å². The zero-order valence-corrected chi connectivity index (χ0v) is 10.5. The highest BCUT2D eigenvalue weighted by Crippen LogP contribution is 2.30. The first-order valence-corrected chi connectivity index (χ1v) is 5.77. The number of hydrogen-bond acceptors (Lipinski definition) is 1. The average molecular weight is 313 g/mol.